The number of nitrogens with zero attached hydrogens (tertiary/aromatic N) is 1. The predicted molar refractivity (Wildman–Crippen MR) is 80.7 cm³/mol. The lowest BCUT2D eigenvalue weighted by Crippen LogP contribution is -2.51. The van der Waals surface area contributed by atoms with Gasteiger partial charge in [-0.25, -0.2) is 10.4 Å². The molecule has 5 heteroatoms. The maximum atomic E-state index is 6.18. The minimum absolute atomic E-state index is 0.126. The standard InChI is InChI=1S/C15H26N4O/c1-3-20-15(8-4-6-11(2)10-15)13(19-17)12-7-5-9-18-14(12)16/h5,7,9,11,13,19H,3-4,6,8,10,17H2,1-2H3,(H2,16,18). The van der Waals surface area contributed by atoms with E-state index in [9.17, 15) is 0 Å². The number of anilines is 1. The number of rotatable bonds is 5. The number of hydrazine groups is 1. The minimum atomic E-state index is -0.293. The summed E-state index contributed by atoms with van der Waals surface area (Å²) in [5.74, 6) is 7.00. The van der Waals surface area contributed by atoms with Crippen molar-refractivity contribution in [1.82, 2.24) is 10.4 Å². The minimum Gasteiger partial charge on any atom is -0.383 e. The highest BCUT2D eigenvalue weighted by Crippen LogP contribution is 2.44. The van der Waals surface area contributed by atoms with Crippen molar-refractivity contribution >= 4 is 5.82 Å². The Hall–Kier alpha value is -1.17. The number of pyridine rings is 1. The highest BCUT2D eigenvalue weighted by atomic mass is 16.5. The molecule has 3 atom stereocenters. The zero-order valence-electron chi connectivity index (χ0n) is 12.4. The Kier molecular flexibility index (Phi) is 4.96. The molecule has 112 valence electrons. The summed E-state index contributed by atoms with van der Waals surface area (Å²) in [7, 11) is 0. The van der Waals surface area contributed by atoms with Crippen LogP contribution in [0.4, 0.5) is 5.82 Å². The van der Waals surface area contributed by atoms with Gasteiger partial charge in [0.15, 0.2) is 0 Å². The van der Waals surface area contributed by atoms with Gasteiger partial charge < -0.3 is 10.5 Å². The summed E-state index contributed by atoms with van der Waals surface area (Å²) >= 11 is 0. The first kappa shape index (κ1) is 15.2. The van der Waals surface area contributed by atoms with Gasteiger partial charge in [0.05, 0.1) is 11.6 Å². The lowest BCUT2D eigenvalue weighted by atomic mass is 9.73. The van der Waals surface area contributed by atoms with E-state index < -0.39 is 0 Å². The SMILES string of the molecule is CCOC1(C(NN)c2cccnc2N)CCCC(C)C1. The third-order valence-electron chi connectivity index (χ3n) is 4.30. The Morgan fingerprint density at radius 3 is 3.00 bits per heavy atom. The monoisotopic (exact) mass is 278 g/mol. The first-order valence-electron chi connectivity index (χ1n) is 7.43. The van der Waals surface area contributed by atoms with Crippen molar-refractivity contribution in [3.63, 3.8) is 0 Å². The Labute approximate surface area is 121 Å². The molecule has 1 saturated carbocycles. The van der Waals surface area contributed by atoms with Crippen molar-refractivity contribution in [3.05, 3.63) is 23.9 Å². The molecule has 1 fully saturated rings. The molecule has 0 aromatic carbocycles. The van der Waals surface area contributed by atoms with Crippen molar-refractivity contribution in [2.75, 3.05) is 12.3 Å². The van der Waals surface area contributed by atoms with Crippen molar-refractivity contribution in [2.24, 2.45) is 11.8 Å². The molecule has 1 heterocycles. The van der Waals surface area contributed by atoms with Crippen molar-refractivity contribution in [3.8, 4) is 0 Å². The van der Waals surface area contributed by atoms with Gasteiger partial charge in [-0.05, 0) is 31.7 Å². The van der Waals surface area contributed by atoms with Crippen molar-refractivity contribution in [2.45, 2.75) is 51.2 Å². The highest BCUT2D eigenvalue weighted by molar-refractivity contribution is 5.42. The zero-order valence-corrected chi connectivity index (χ0v) is 12.4. The Balaban J connectivity index is 2.37. The largest absolute Gasteiger partial charge is 0.383 e. The molecular weight excluding hydrogens is 252 g/mol. The molecule has 0 aliphatic heterocycles. The van der Waals surface area contributed by atoms with E-state index >= 15 is 0 Å². The number of aromatic nitrogens is 1. The molecule has 5 nitrogen and oxygen atoms in total. The van der Waals surface area contributed by atoms with Gasteiger partial charge in [0.2, 0.25) is 0 Å². The topological polar surface area (TPSA) is 86.2 Å². The molecule has 20 heavy (non-hydrogen) atoms. The average molecular weight is 278 g/mol. The summed E-state index contributed by atoms with van der Waals surface area (Å²) in [6.45, 7) is 4.97. The second-order valence-corrected chi connectivity index (χ2v) is 5.78. The maximum absolute atomic E-state index is 6.18. The Morgan fingerprint density at radius 1 is 1.60 bits per heavy atom. The summed E-state index contributed by atoms with van der Waals surface area (Å²) in [5.41, 5.74) is 9.60. The first-order valence-corrected chi connectivity index (χ1v) is 7.43. The average Bonchev–Trinajstić information content (AvgIpc) is 2.42. The van der Waals surface area contributed by atoms with Crippen LogP contribution in [0.5, 0.6) is 0 Å². The summed E-state index contributed by atoms with van der Waals surface area (Å²) < 4.78 is 6.18. The Bertz CT molecular complexity index is 436. The van der Waals surface area contributed by atoms with E-state index in [1.807, 2.05) is 19.1 Å². The molecule has 5 N–H and O–H groups in total. The third kappa shape index (κ3) is 2.95. The van der Waals surface area contributed by atoms with E-state index in [2.05, 4.69) is 17.3 Å². The van der Waals surface area contributed by atoms with Gasteiger partial charge in [-0.2, -0.15) is 0 Å². The molecule has 0 saturated heterocycles. The number of nitrogens with two attached hydrogens (primary N) is 2. The van der Waals surface area contributed by atoms with Crippen LogP contribution in [0.25, 0.3) is 0 Å². The van der Waals surface area contributed by atoms with Crippen molar-refractivity contribution in [1.29, 1.82) is 0 Å². The summed E-state index contributed by atoms with van der Waals surface area (Å²) in [5, 5.41) is 0. The fourth-order valence-electron chi connectivity index (χ4n) is 3.51. The fourth-order valence-corrected chi connectivity index (χ4v) is 3.51. The lowest BCUT2D eigenvalue weighted by Gasteiger charge is -2.45. The second-order valence-electron chi connectivity index (χ2n) is 5.78. The summed E-state index contributed by atoms with van der Waals surface area (Å²) in [6, 6.07) is 3.74. The number of hydrogen-bond acceptors (Lipinski definition) is 5. The highest BCUT2D eigenvalue weighted by Gasteiger charge is 2.43. The maximum Gasteiger partial charge on any atom is 0.128 e. The quantitative estimate of drug-likeness (QED) is 0.567. The third-order valence-corrected chi connectivity index (χ3v) is 4.30. The lowest BCUT2D eigenvalue weighted by molar-refractivity contribution is -0.102. The molecule has 1 aliphatic carbocycles. The molecule has 1 aromatic rings. The van der Waals surface area contributed by atoms with E-state index in [1.165, 1.54) is 6.42 Å². The molecule has 0 spiro atoms. The van der Waals surface area contributed by atoms with Gasteiger partial charge in [0.25, 0.3) is 0 Å². The summed E-state index contributed by atoms with van der Waals surface area (Å²) in [4.78, 5) is 4.18. The fraction of sp³-hybridized carbons (Fsp3) is 0.667. The van der Waals surface area contributed by atoms with Crippen LogP contribution in [-0.4, -0.2) is 17.2 Å². The molecule has 3 unspecified atom stereocenters. The first-order chi connectivity index (χ1) is 9.63. The van der Waals surface area contributed by atoms with Gasteiger partial charge in [-0.3, -0.25) is 5.84 Å². The van der Waals surface area contributed by atoms with E-state index in [0.717, 1.165) is 24.8 Å². The van der Waals surface area contributed by atoms with Crippen LogP contribution < -0.4 is 17.0 Å². The smallest absolute Gasteiger partial charge is 0.128 e. The second kappa shape index (κ2) is 6.52. The van der Waals surface area contributed by atoms with Gasteiger partial charge in [-0.1, -0.05) is 25.8 Å². The number of nitrogens with one attached hydrogen (secondary N) is 1. The molecule has 0 radical (unpaired) electrons. The molecule has 1 aliphatic rings. The number of ether oxygens (including phenoxy) is 1. The van der Waals surface area contributed by atoms with E-state index in [-0.39, 0.29) is 11.6 Å². The molecule has 2 rings (SSSR count). The predicted octanol–water partition coefficient (Wildman–Crippen LogP) is 2.15. The van der Waals surface area contributed by atoms with Gasteiger partial charge in [-0.15, -0.1) is 0 Å². The normalized spacial score (nSPS) is 28.2. The van der Waals surface area contributed by atoms with Crippen molar-refractivity contribution < 1.29 is 4.74 Å². The zero-order chi connectivity index (χ0) is 14.6. The van der Waals surface area contributed by atoms with Crippen LogP contribution in [0.3, 0.4) is 0 Å². The van der Waals surface area contributed by atoms with Crippen LogP contribution in [-0.2, 0) is 4.74 Å². The molecule has 1 aromatic heterocycles. The van der Waals surface area contributed by atoms with E-state index in [4.69, 9.17) is 16.3 Å². The number of nitrogen functional groups attached to an aromatic ring is 1. The summed E-state index contributed by atoms with van der Waals surface area (Å²) in [6.07, 6.45) is 6.08. The molecule has 0 amide bonds. The molecular formula is C15H26N4O. The van der Waals surface area contributed by atoms with Gasteiger partial charge >= 0.3 is 0 Å². The van der Waals surface area contributed by atoms with Crippen LogP contribution in [0.1, 0.15) is 51.1 Å². The Morgan fingerprint density at radius 2 is 2.40 bits per heavy atom. The molecule has 0 bridgehead atoms. The van der Waals surface area contributed by atoms with Crippen LogP contribution in [0, 0.1) is 5.92 Å². The van der Waals surface area contributed by atoms with Crippen LogP contribution >= 0.6 is 0 Å². The number of hydrogen-bond donors (Lipinski definition) is 3. The van der Waals surface area contributed by atoms with Gasteiger partial charge in [0.1, 0.15) is 5.82 Å². The van der Waals surface area contributed by atoms with Crippen LogP contribution in [0.15, 0.2) is 18.3 Å². The van der Waals surface area contributed by atoms with Gasteiger partial charge in [0, 0.05) is 18.4 Å². The van der Waals surface area contributed by atoms with E-state index in [1.54, 1.807) is 6.20 Å². The van der Waals surface area contributed by atoms with Crippen LogP contribution in [0.2, 0.25) is 0 Å². The van der Waals surface area contributed by atoms with E-state index in [0.29, 0.717) is 18.3 Å².